The fraction of sp³-hybridized carbons (Fsp3) is 1.00. The molecule has 25 heavy (non-hydrogen) atoms. The minimum Gasteiger partial charge on any atom is -0.455 e. The number of rotatable bonds is 8. The van der Waals surface area contributed by atoms with Gasteiger partial charge in [-0.25, -0.2) is 0 Å². The summed E-state index contributed by atoms with van der Waals surface area (Å²) in [5.74, 6) is 3.96. The minimum absolute atomic E-state index is 0.979. The van der Waals surface area contributed by atoms with Gasteiger partial charge in [0.2, 0.25) is 0 Å². The van der Waals surface area contributed by atoms with E-state index in [-0.39, 0.29) is 0 Å². The molecule has 0 aromatic carbocycles. The summed E-state index contributed by atoms with van der Waals surface area (Å²) in [6, 6.07) is 2.78. The Morgan fingerprint density at radius 3 is 1.24 bits per heavy atom. The van der Waals surface area contributed by atoms with E-state index in [1.165, 1.54) is 76.3 Å². The van der Waals surface area contributed by atoms with Crippen molar-refractivity contribution in [3.05, 3.63) is 0 Å². The molecule has 1 nitrogen and oxygen atoms in total. The molecule has 0 aromatic heterocycles. The van der Waals surface area contributed by atoms with Gasteiger partial charge in [-0.2, -0.15) is 0 Å². The summed E-state index contributed by atoms with van der Waals surface area (Å²) in [6.45, 7) is 14.8. The first-order chi connectivity index (χ1) is 11.7. The summed E-state index contributed by atoms with van der Waals surface area (Å²) < 4.78 is 6.93. The third-order valence-corrected chi connectivity index (χ3v) is 14.5. The molecule has 0 N–H and O–H groups in total. The minimum atomic E-state index is -1.48. The zero-order valence-electron chi connectivity index (χ0n) is 18.2. The maximum Gasteiger partial charge on any atom is 0.173 e. The van der Waals surface area contributed by atoms with E-state index >= 15 is 0 Å². The quantitative estimate of drug-likeness (QED) is 0.388. The van der Waals surface area contributed by atoms with Gasteiger partial charge in [0.05, 0.1) is 0 Å². The first-order valence-corrected chi connectivity index (χ1v) is 17.6. The highest BCUT2D eigenvalue weighted by Gasteiger charge is 2.34. The topological polar surface area (TPSA) is 9.23 Å². The van der Waals surface area contributed by atoms with Crippen molar-refractivity contribution in [3.8, 4) is 0 Å². The summed E-state index contributed by atoms with van der Waals surface area (Å²) >= 11 is 0. The second-order valence-electron chi connectivity index (χ2n) is 11.0. The molecule has 0 aromatic rings. The Labute approximate surface area is 161 Å². The van der Waals surface area contributed by atoms with Crippen LogP contribution >= 0.6 is 0 Å². The molecular weight excluding hydrogens is 336 g/mol. The molecule has 2 rings (SSSR count). The van der Waals surface area contributed by atoms with Gasteiger partial charge in [-0.1, -0.05) is 78.1 Å². The number of hydrogen-bond acceptors (Lipinski definition) is 1. The van der Waals surface area contributed by atoms with Gasteiger partial charge in [0.15, 0.2) is 16.6 Å². The van der Waals surface area contributed by atoms with Gasteiger partial charge < -0.3 is 4.12 Å². The summed E-state index contributed by atoms with van der Waals surface area (Å²) in [4.78, 5) is 0. The van der Waals surface area contributed by atoms with Crippen molar-refractivity contribution in [3.63, 3.8) is 0 Å². The molecule has 0 heterocycles. The van der Waals surface area contributed by atoms with Gasteiger partial charge in [-0.05, 0) is 61.9 Å². The lowest BCUT2D eigenvalue weighted by atomic mass is 9.82. The fourth-order valence-electron chi connectivity index (χ4n) is 5.19. The first kappa shape index (κ1) is 21.7. The molecule has 0 atom stereocenters. The van der Waals surface area contributed by atoms with Gasteiger partial charge in [-0.3, -0.25) is 0 Å². The van der Waals surface area contributed by atoms with Crippen molar-refractivity contribution in [1.29, 1.82) is 0 Å². The Hall–Kier alpha value is 0.394. The van der Waals surface area contributed by atoms with Gasteiger partial charge in [-0.15, -0.1) is 0 Å². The monoisotopic (exact) mass is 382 g/mol. The van der Waals surface area contributed by atoms with Gasteiger partial charge in [0.1, 0.15) is 0 Å². The smallest absolute Gasteiger partial charge is 0.173 e. The Bertz CT molecular complexity index is 341. The highest BCUT2D eigenvalue weighted by atomic mass is 28.4. The van der Waals surface area contributed by atoms with Crippen LogP contribution in [-0.2, 0) is 4.12 Å². The van der Waals surface area contributed by atoms with Crippen LogP contribution in [0.2, 0.25) is 38.3 Å². The molecule has 0 bridgehead atoms. The lowest BCUT2D eigenvalue weighted by Gasteiger charge is -2.37. The van der Waals surface area contributed by atoms with Crippen LogP contribution in [0.3, 0.4) is 0 Å². The van der Waals surface area contributed by atoms with E-state index in [4.69, 9.17) is 4.12 Å². The predicted octanol–water partition coefficient (Wildman–Crippen LogP) is 7.85. The van der Waals surface area contributed by atoms with Crippen LogP contribution in [0.15, 0.2) is 0 Å². The Kier molecular flexibility index (Phi) is 8.28. The molecule has 3 heteroatoms. The third kappa shape index (κ3) is 8.30. The lowest BCUT2D eigenvalue weighted by Crippen LogP contribution is -2.44. The van der Waals surface area contributed by atoms with Crippen LogP contribution in [0.1, 0.15) is 78.1 Å². The predicted molar refractivity (Wildman–Crippen MR) is 117 cm³/mol. The second-order valence-corrected chi connectivity index (χ2v) is 19.8. The molecule has 0 spiro atoms. The molecule has 0 aliphatic heterocycles. The molecule has 148 valence electrons. The Balaban J connectivity index is 1.69. The van der Waals surface area contributed by atoms with Crippen LogP contribution in [0, 0.1) is 23.7 Å². The first-order valence-electron chi connectivity index (χ1n) is 11.4. The summed E-state index contributed by atoms with van der Waals surface area (Å²) in [6.07, 6.45) is 14.7. The summed E-state index contributed by atoms with van der Waals surface area (Å²) in [7, 11) is -2.95. The maximum atomic E-state index is 6.93. The van der Waals surface area contributed by atoms with Crippen LogP contribution in [-0.4, -0.2) is 16.6 Å². The summed E-state index contributed by atoms with van der Waals surface area (Å²) in [5.41, 5.74) is 0. The Morgan fingerprint density at radius 1 is 0.600 bits per heavy atom. The molecule has 2 aliphatic carbocycles. The lowest BCUT2D eigenvalue weighted by molar-refractivity contribution is 0.280. The van der Waals surface area contributed by atoms with E-state index in [1.54, 1.807) is 0 Å². The molecule has 2 saturated carbocycles. The molecule has 2 aliphatic rings. The van der Waals surface area contributed by atoms with Crippen LogP contribution in [0.4, 0.5) is 0 Å². The van der Waals surface area contributed by atoms with Crippen molar-refractivity contribution in [2.24, 2.45) is 23.7 Å². The third-order valence-electron chi connectivity index (χ3n) is 7.13. The highest BCUT2D eigenvalue weighted by molar-refractivity contribution is 6.84. The van der Waals surface area contributed by atoms with Crippen molar-refractivity contribution < 1.29 is 4.12 Å². The zero-order valence-corrected chi connectivity index (χ0v) is 20.2. The normalized spacial score (nSPS) is 31.9. The molecular formula is C22H46OSi2. The van der Waals surface area contributed by atoms with Crippen molar-refractivity contribution in [1.82, 2.24) is 0 Å². The van der Waals surface area contributed by atoms with Crippen LogP contribution in [0.25, 0.3) is 0 Å². The molecule has 0 radical (unpaired) electrons. The van der Waals surface area contributed by atoms with Gasteiger partial charge >= 0.3 is 0 Å². The maximum absolute atomic E-state index is 6.93. The van der Waals surface area contributed by atoms with Crippen LogP contribution in [0.5, 0.6) is 0 Å². The SMILES string of the molecule is CC1CCC(CC[Si](C)(C)O[Si](C)(C)CCC2CCC(C)CC2)CC1. The average molecular weight is 383 g/mol. The number of hydrogen-bond donors (Lipinski definition) is 0. The van der Waals surface area contributed by atoms with Gasteiger partial charge in [0.25, 0.3) is 0 Å². The zero-order chi connectivity index (χ0) is 18.5. The van der Waals surface area contributed by atoms with Crippen LogP contribution < -0.4 is 0 Å². The molecule has 0 amide bonds. The van der Waals surface area contributed by atoms with E-state index in [1.807, 2.05) is 0 Å². The van der Waals surface area contributed by atoms with Crippen molar-refractivity contribution in [2.45, 2.75) is 116 Å². The molecule has 0 unspecified atom stereocenters. The highest BCUT2D eigenvalue weighted by Crippen LogP contribution is 2.36. The van der Waals surface area contributed by atoms with E-state index in [0.29, 0.717) is 0 Å². The van der Waals surface area contributed by atoms with E-state index in [9.17, 15) is 0 Å². The van der Waals surface area contributed by atoms with Crippen molar-refractivity contribution in [2.75, 3.05) is 0 Å². The largest absolute Gasteiger partial charge is 0.455 e. The van der Waals surface area contributed by atoms with E-state index in [0.717, 1.165) is 23.7 Å². The Morgan fingerprint density at radius 2 is 0.920 bits per heavy atom. The van der Waals surface area contributed by atoms with Gasteiger partial charge in [0, 0.05) is 0 Å². The fourth-order valence-corrected chi connectivity index (χ4v) is 14.2. The van der Waals surface area contributed by atoms with Crippen molar-refractivity contribution >= 4 is 16.6 Å². The van der Waals surface area contributed by atoms with E-state index in [2.05, 4.69) is 40.0 Å². The second kappa shape index (κ2) is 9.55. The standard InChI is InChI=1S/C22H46OSi2/c1-19-7-11-21(12-8-19)15-17-24(3,4)23-25(5,6)18-16-22-13-9-20(2)10-14-22/h19-22H,7-18H2,1-6H3. The summed E-state index contributed by atoms with van der Waals surface area (Å²) in [5, 5.41) is 0. The van der Waals surface area contributed by atoms with E-state index < -0.39 is 16.6 Å². The molecule has 2 fully saturated rings. The molecule has 0 saturated heterocycles. The average Bonchev–Trinajstić information content (AvgIpc) is 2.53.